The highest BCUT2D eigenvalue weighted by Crippen LogP contribution is 2.36. The van der Waals surface area contributed by atoms with Crippen molar-refractivity contribution in [2.45, 2.75) is 19.3 Å². The van der Waals surface area contributed by atoms with Crippen molar-refractivity contribution < 1.29 is 4.74 Å². The van der Waals surface area contributed by atoms with E-state index in [1.807, 2.05) is 35.7 Å². The number of rotatable bonds is 3. The Bertz CT molecular complexity index is 1100. The molecule has 0 atom stereocenters. The van der Waals surface area contributed by atoms with Gasteiger partial charge in [-0.3, -0.25) is 9.78 Å². The summed E-state index contributed by atoms with van der Waals surface area (Å²) < 4.78 is 5.59. The summed E-state index contributed by atoms with van der Waals surface area (Å²) in [6.07, 6.45) is 4.22. The lowest BCUT2D eigenvalue weighted by molar-refractivity contribution is 0.416. The molecule has 150 valence electrons. The molecule has 0 bridgehead atoms. The van der Waals surface area contributed by atoms with Gasteiger partial charge in [-0.15, -0.1) is 11.3 Å². The van der Waals surface area contributed by atoms with E-state index in [-0.39, 0.29) is 10.3 Å². The van der Waals surface area contributed by atoms with E-state index < -0.39 is 5.56 Å². The summed E-state index contributed by atoms with van der Waals surface area (Å²) >= 11 is 6.59. The van der Waals surface area contributed by atoms with Gasteiger partial charge in [0.25, 0.3) is 5.56 Å². The van der Waals surface area contributed by atoms with Gasteiger partial charge in [-0.2, -0.15) is 5.26 Å². The molecule has 3 heterocycles. The molecule has 3 N–H and O–H groups in total. The van der Waals surface area contributed by atoms with Crippen LogP contribution in [-0.2, 0) is 0 Å². The monoisotopic (exact) mass is 426 g/mol. The molecular weight excluding hydrogens is 404 g/mol. The van der Waals surface area contributed by atoms with Gasteiger partial charge in [-0.25, -0.2) is 0 Å². The number of thiophene rings is 1. The van der Waals surface area contributed by atoms with Gasteiger partial charge >= 0.3 is 0 Å². The van der Waals surface area contributed by atoms with Crippen molar-refractivity contribution in [1.29, 1.82) is 5.26 Å². The van der Waals surface area contributed by atoms with Crippen LogP contribution in [0.25, 0.3) is 21.7 Å². The first-order chi connectivity index (χ1) is 14.1. The number of nitrogens with one attached hydrogen (secondary N) is 3. The zero-order valence-corrected chi connectivity index (χ0v) is 17.7. The quantitative estimate of drug-likeness (QED) is 0.537. The number of aromatic nitrogens is 2. The van der Waals surface area contributed by atoms with Crippen molar-refractivity contribution in [1.82, 2.24) is 15.3 Å². The summed E-state index contributed by atoms with van der Waals surface area (Å²) in [7, 11) is 1.60. The Hall–Kier alpha value is -2.73. The third kappa shape index (κ3) is 5.21. The van der Waals surface area contributed by atoms with Crippen LogP contribution in [0.3, 0.4) is 0 Å². The molecule has 1 aliphatic heterocycles. The fourth-order valence-electron chi connectivity index (χ4n) is 3.10. The van der Waals surface area contributed by atoms with Crippen LogP contribution in [-0.4, -0.2) is 30.2 Å². The number of piperidine rings is 1. The number of ether oxygens (including phenoxy) is 1. The second kappa shape index (κ2) is 10.2. The lowest BCUT2D eigenvalue weighted by Gasteiger charge is -2.10. The highest BCUT2D eigenvalue weighted by Gasteiger charge is 2.14. The second-order valence-electron chi connectivity index (χ2n) is 6.47. The first-order valence-corrected chi connectivity index (χ1v) is 10.6. The zero-order chi connectivity index (χ0) is 20.6. The molecule has 2 aromatic heterocycles. The molecule has 0 unspecified atom stereocenters. The molecule has 8 heteroatoms. The van der Waals surface area contributed by atoms with Crippen molar-refractivity contribution >= 4 is 23.6 Å². The van der Waals surface area contributed by atoms with E-state index in [0.29, 0.717) is 11.3 Å². The molecule has 4 rings (SSSR count). The van der Waals surface area contributed by atoms with Crippen LogP contribution in [0.15, 0.2) is 40.5 Å². The van der Waals surface area contributed by atoms with Crippen molar-refractivity contribution in [2.75, 3.05) is 20.2 Å². The minimum Gasteiger partial charge on any atom is -0.496 e. The Kier molecular flexibility index (Phi) is 7.36. The lowest BCUT2D eigenvalue weighted by Crippen LogP contribution is -2.21. The third-order valence-electron chi connectivity index (χ3n) is 4.54. The average Bonchev–Trinajstić information content (AvgIpc) is 3.29. The van der Waals surface area contributed by atoms with Crippen molar-refractivity contribution in [2.24, 2.45) is 0 Å². The fraction of sp³-hybridized carbons (Fsp3) is 0.286. The van der Waals surface area contributed by atoms with E-state index in [2.05, 4.69) is 15.3 Å². The summed E-state index contributed by atoms with van der Waals surface area (Å²) in [5.74, 6) is 0.721. The molecular formula is C21H22N4O2S2. The number of nitriles is 1. The normalized spacial score (nSPS) is 13.1. The maximum atomic E-state index is 11.9. The molecule has 29 heavy (non-hydrogen) atoms. The third-order valence-corrected chi connectivity index (χ3v) is 5.64. The summed E-state index contributed by atoms with van der Waals surface area (Å²) in [5.41, 5.74) is 1.49. The van der Waals surface area contributed by atoms with Crippen LogP contribution in [0.4, 0.5) is 0 Å². The summed E-state index contributed by atoms with van der Waals surface area (Å²) in [5, 5.41) is 14.5. The Morgan fingerprint density at radius 3 is 2.52 bits per heavy atom. The van der Waals surface area contributed by atoms with Crippen LogP contribution in [0.5, 0.6) is 5.75 Å². The van der Waals surface area contributed by atoms with Gasteiger partial charge in [0.1, 0.15) is 17.4 Å². The predicted octanol–water partition coefficient (Wildman–Crippen LogP) is 4.47. The Morgan fingerprint density at radius 1 is 1.17 bits per heavy atom. The average molecular weight is 427 g/mol. The standard InChI is InChI=1S/C16H11N3O2S2.C5H11N/c1-21-12-5-4-9(7-10(12)13-3-2-6-23-13)14-11(8-17)15(20)19-16(22)18-14;1-2-4-6-5-3-1/h2-7H,1H3,(H2,18,19,20,22);6H,1-5H2. The highest BCUT2D eigenvalue weighted by molar-refractivity contribution is 7.71. The molecule has 0 radical (unpaired) electrons. The van der Waals surface area contributed by atoms with Crippen molar-refractivity contribution in [3.8, 4) is 33.5 Å². The second-order valence-corrected chi connectivity index (χ2v) is 7.83. The van der Waals surface area contributed by atoms with Crippen LogP contribution >= 0.6 is 23.6 Å². The Balaban J connectivity index is 0.000000343. The molecule has 0 amide bonds. The SMILES string of the molecule is C1CCNCC1.COc1ccc(-c2[nH]c(=S)[nH]c(=O)c2C#N)cc1-c1cccs1. The van der Waals surface area contributed by atoms with Crippen LogP contribution in [0, 0.1) is 16.1 Å². The number of benzene rings is 1. The van der Waals surface area contributed by atoms with Crippen molar-refractivity contribution in [3.05, 3.63) is 56.4 Å². The number of hydrogen-bond acceptors (Lipinski definition) is 6. The van der Waals surface area contributed by atoms with Gasteiger partial charge in [0.2, 0.25) is 0 Å². The van der Waals surface area contributed by atoms with Gasteiger partial charge in [-0.1, -0.05) is 12.5 Å². The number of H-pyrrole nitrogens is 2. The number of nitrogens with zero attached hydrogens (tertiary/aromatic N) is 1. The maximum Gasteiger partial charge on any atom is 0.270 e. The molecule has 1 fully saturated rings. The first kappa shape index (κ1) is 21.0. The van der Waals surface area contributed by atoms with E-state index in [1.54, 1.807) is 24.5 Å². The van der Waals surface area contributed by atoms with Gasteiger partial charge in [0, 0.05) is 16.0 Å². The summed E-state index contributed by atoms with van der Waals surface area (Å²) in [6.45, 7) is 2.50. The largest absolute Gasteiger partial charge is 0.496 e. The van der Waals surface area contributed by atoms with E-state index in [0.717, 1.165) is 16.2 Å². The predicted molar refractivity (Wildman–Crippen MR) is 119 cm³/mol. The van der Waals surface area contributed by atoms with Crippen LogP contribution in [0.2, 0.25) is 0 Å². The van der Waals surface area contributed by atoms with Crippen LogP contribution in [0.1, 0.15) is 24.8 Å². The molecule has 0 saturated carbocycles. The zero-order valence-electron chi connectivity index (χ0n) is 16.1. The van der Waals surface area contributed by atoms with Crippen LogP contribution < -0.4 is 15.6 Å². The number of hydrogen-bond donors (Lipinski definition) is 3. The van der Waals surface area contributed by atoms with Gasteiger partial charge in [0.15, 0.2) is 4.77 Å². The summed E-state index contributed by atoms with van der Waals surface area (Å²) in [4.78, 5) is 18.3. The first-order valence-electron chi connectivity index (χ1n) is 9.33. The molecule has 1 saturated heterocycles. The minimum absolute atomic E-state index is 0.000830. The molecule has 0 spiro atoms. The lowest BCUT2D eigenvalue weighted by atomic mass is 10.0. The Morgan fingerprint density at radius 2 is 1.97 bits per heavy atom. The van der Waals surface area contributed by atoms with Gasteiger partial charge < -0.3 is 15.0 Å². The molecule has 3 aromatic rings. The van der Waals surface area contributed by atoms with Gasteiger partial charge in [-0.05, 0) is 67.8 Å². The van der Waals surface area contributed by atoms with E-state index in [4.69, 9.17) is 17.0 Å². The topological polar surface area (TPSA) is 93.7 Å². The van der Waals surface area contributed by atoms with Gasteiger partial charge in [0.05, 0.1) is 12.8 Å². The molecule has 1 aromatic carbocycles. The molecule has 1 aliphatic rings. The highest BCUT2D eigenvalue weighted by atomic mass is 32.1. The smallest absolute Gasteiger partial charge is 0.270 e. The van der Waals surface area contributed by atoms with E-state index in [1.165, 1.54) is 32.4 Å². The number of methoxy groups -OCH3 is 1. The molecule has 0 aliphatic carbocycles. The number of aromatic amines is 2. The summed E-state index contributed by atoms with van der Waals surface area (Å²) in [6, 6.07) is 11.3. The Labute approximate surface area is 178 Å². The van der Waals surface area contributed by atoms with E-state index >= 15 is 0 Å². The minimum atomic E-state index is -0.500. The van der Waals surface area contributed by atoms with Crippen molar-refractivity contribution in [3.63, 3.8) is 0 Å². The van der Waals surface area contributed by atoms with E-state index in [9.17, 15) is 10.1 Å². The maximum absolute atomic E-state index is 11.9. The molecule has 6 nitrogen and oxygen atoms in total. The fourth-order valence-corrected chi connectivity index (χ4v) is 4.04.